The summed E-state index contributed by atoms with van der Waals surface area (Å²) in [5.74, 6) is -0.674. The number of amides is 1. The van der Waals surface area contributed by atoms with Crippen LogP contribution in [0.4, 0.5) is 8.78 Å². The minimum atomic E-state index is -0.476. The highest BCUT2D eigenvalue weighted by molar-refractivity contribution is 5.79. The first-order valence-electron chi connectivity index (χ1n) is 9.67. The van der Waals surface area contributed by atoms with Crippen LogP contribution in [0.15, 0.2) is 48.5 Å². The Morgan fingerprint density at radius 1 is 1.14 bits per heavy atom. The smallest absolute Gasteiger partial charge is 0.260 e. The standard InChI is InChI=1S/C22H24F2N2O2/c1-25-12-4-6-19-22(25)17(15-8-10-16(23)11-9-15)13-26(19)21(27)14-28-20-7-3-2-5-18(20)24/h2-3,5,7-11,17,19,22H,4,6,12-14H2,1H3/t17-,19-,22-/m1/s1. The number of ether oxygens (including phenoxy) is 1. The summed E-state index contributed by atoms with van der Waals surface area (Å²) >= 11 is 0. The molecule has 2 saturated heterocycles. The number of nitrogens with zero attached hydrogens (tertiary/aromatic N) is 2. The predicted octanol–water partition coefficient (Wildman–Crippen LogP) is 3.43. The van der Waals surface area contributed by atoms with Crippen LogP contribution in [0.3, 0.4) is 0 Å². The van der Waals surface area contributed by atoms with Gasteiger partial charge in [0.05, 0.1) is 0 Å². The van der Waals surface area contributed by atoms with E-state index in [1.54, 1.807) is 12.1 Å². The van der Waals surface area contributed by atoms with Gasteiger partial charge in [-0.15, -0.1) is 0 Å². The van der Waals surface area contributed by atoms with Crippen molar-refractivity contribution in [2.45, 2.75) is 30.8 Å². The van der Waals surface area contributed by atoms with E-state index in [1.807, 2.05) is 17.0 Å². The van der Waals surface area contributed by atoms with Gasteiger partial charge in [-0.25, -0.2) is 8.78 Å². The fraction of sp³-hybridized carbons (Fsp3) is 0.409. The van der Waals surface area contributed by atoms with Crippen molar-refractivity contribution in [1.82, 2.24) is 9.80 Å². The molecule has 0 saturated carbocycles. The maximum Gasteiger partial charge on any atom is 0.260 e. The molecular formula is C22H24F2N2O2. The molecule has 1 amide bonds. The molecule has 2 aromatic rings. The Bertz CT molecular complexity index is 843. The molecule has 0 N–H and O–H groups in total. The Morgan fingerprint density at radius 3 is 2.64 bits per heavy atom. The largest absolute Gasteiger partial charge is 0.481 e. The van der Waals surface area contributed by atoms with Gasteiger partial charge in [-0.3, -0.25) is 4.79 Å². The van der Waals surface area contributed by atoms with E-state index < -0.39 is 5.82 Å². The Labute approximate surface area is 163 Å². The second kappa shape index (κ2) is 7.87. The number of halogens is 2. The number of piperidine rings is 1. The molecule has 2 heterocycles. The monoisotopic (exact) mass is 386 g/mol. The summed E-state index contributed by atoms with van der Waals surface area (Å²) < 4.78 is 32.6. The molecule has 2 aliphatic heterocycles. The van der Waals surface area contributed by atoms with Crippen molar-refractivity contribution in [3.8, 4) is 5.75 Å². The van der Waals surface area contributed by atoms with Gasteiger partial charge in [0.1, 0.15) is 5.82 Å². The lowest BCUT2D eigenvalue weighted by molar-refractivity contribution is -0.135. The second-order valence-electron chi connectivity index (χ2n) is 7.60. The van der Waals surface area contributed by atoms with Crippen molar-refractivity contribution in [2.75, 3.05) is 26.7 Å². The first kappa shape index (κ1) is 18.9. The molecule has 2 aromatic carbocycles. The molecule has 0 unspecified atom stereocenters. The van der Waals surface area contributed by atoms with Gasteiger partial charge in [-0.05, 0) is 56.3 Å². The van der Waals surface area contributed by atoms with Gasteiger partial charge in [0.25, 0.3) is 5.91 Å². The number of fused-ring (bicyclic) bond motifs is 1. The number of hydrogen-bond acceptors (Lipinski definition) is 3. The second-order valence-corrected chi connectivity index (χ2v) is 7.60. The van der Waals surface area contributed by atoms with Crippen LogP contribution in [0.25, 0.3) is 0 Å². The molecule has 4 rings (SSSR count). The zero-order valence-electron chi connectivity index (χ0n) is 15.9. The lowest BCUT2D eigenvalue weighted by Crippen LogP contribution is -2.51. The van der Waals surface area contributed by atoms with Crippen molar-refractivity contribution in [3.63, 3.8) is 0 Å². The fourth-order valence-corrected chi connectivity index (χ4v) is 4.62. The van der Waals surface area contributed by atoms with Crippen molar-refractivity contribution < 1.29 is 18.3 Å². The summed E-state index contributed by atoms with van der Waals surface area (Å²) in [5.41, 5.74) is 1.04. The average molecular weight is 386 g/mol. The van der Waals surface area contributed by atoms with Gasteiger partial charge in [0, 0.05) is 24.5 Å². The summed E-state index contributed by atoms with van der Waals surface area (Å²) in [7, 11) is 2.08. The highest BCUT2D eigenvalue weighted by Crippen LogP contribution is 2.39. The highest BCUT2D eigenvalue weighted by atomic mass is 19.1. The van der Waals surface area contributed by atoms with Crippen LogP contribution in [0.5, 0.6) is 5.75 Å². The van der Waals surface area contributed by atoms with Gasteiger partial charge in [-0.2, -0.15) is 0 Å². The molecule has 0 bridgehead atoms. The lowest BCUT2D eigenvalue weighted by atomic mass is 9.86. The van der Waals surface area contributed by atoms with Crippen LogP contribution < -0.4 is 4.74 Å². The number of likely N-dealkylation sites (N-methyl/N-ethyl adjacent to an activating group) is 1. The van der Waals surface area contributed by atoms with Gasteiger partial charge in [0.15, 0.2) is 18.2 Å². The normalized spacial score (nSPS) is 24.8. The third-order valence-corrected chi connectivity index (χ3v) is 5.93. The molecule has 148 valence electrons. The average Bonchev–Trinajstić information content (AvgIpc) is 3.09. The lowest BCUT2D eigenvalue weighted by Gasteiger charge is -2.39. The van der Waals surface area contributed by atoms with Crippen LogP contribution in [0.2, 0.25) is 0 Å². The third-order valence-electron chi connectivity index (χ3n) is 5.93. The van der Waals surface area contributed by atoms with E-state index in [0.29, 0.717) is 6.54 Å². The molecule has 0 radical (unpaired) electrons. The maximum atomic E-state index is 13.8. The number of rotatable bonds is 4. The van der Waals surface area contributed by atoms with Crippen LogP contribution in [0.1, 0.15) is 24.3 Å². The number of likely N-dealkylation sites (tertiary alicyclic amines) is 2. The first-order valence-corrected chi connectivity index (χ1v) is 9.67. The molecule has 2 aliphatic rings. The minimum absolute atomic E-state index is 0.0856. The number of benzene rings is 2. The molecule has 2 fully saturated rings. The quantitative estimate of drug-likeness (QED) is 0.807. The summed E-state index contributed by atoms with van der Waals surface area (Å²) in [4.78, 5) is 17.1. The molecule has 6 heteroatoms. The SMILES string of the molecule is CN1CCC[C@@H]2[C@H]1[C@@H](c1ccc(F)cc1)CN2C(=O)COc1ccccc1F. The zero-order chi connectivity index (χ0) is 19.7. The predicted molar refractivity (Wildman–Crippen MR) is 102 cm³/mol. The van der Waals surface area contributed by atoms with Crippen molar-refractivity contribution in [1.29, 1.82) is 0 Å². The van der Waals surface area contributed by atoms with Gasteiger partial charge in [0.2, 0.25) is 0 Å². The van der Waals surface area contributed by atoms with E-state index in [-0.39, 0.29) is 42.1 Å². The number of hydrogen-bond donors (Lipinski definition) is 0. The number of para-hydroxylation sites is 1. The van der Waals surface area contributed by atoms with E-state index in [0.717, 1.165) is 24.9 Å². The first-order chi connectivity index (χ1) is 13.5. The molecule has 4 nitrogen and oxygen atoms in total. The molecule has 28 heavy (non-hydrogen) atoms. The van der Waals surface area contributed by atoms with E-state index >= 15 is 0 Å². The van der Waals surface area contributed by atoms with Crippen molar-refractivity contribution >= 4 is 5.91 Å². The van der Waals surface area contributed by atoms with Crippen LogP contribution in [0, 0.1) is 11.6 Å². The molecule has 0 aliphatic carbocycles. The van der Waals surface area contributed by atoms with Crippen LogP contribution in [-0.4, -0.2) is 54.5 Å². The van der Waals surface area contributed by atoms with Gasteiger partial charge in [-0.1, -0.05) is 24.3 Å². The molecule has 0 spiro atoms. The van der Waals surface area contributed by atoms with E-state index in [4.69, 9.17) is 4.74 Å². The van der Waals surface area contributed by atoms with Gasteiger partial charge >= 0.3 is 0 Å². The Kier molecular flexibility index (Phi) is 5.31. The number of carbonyl (C=O) groups excluding carboxylic acids is 1. The Balaban J connectivity index is 1.52. The molecule has 0 aromatic heterocycles. The van der Waals surface area contributed by atoms with Crippen molar-refractivity contribution in [3.05, 3.63) is 65.7 Å². The summed E-state index contributed by atoms with van der Waals surface area (Å²) in [6, 6.07) is 12.9. The van der Waals surface area contributed by atoms with Gasteiger partial charge < -0.3 is 14.5 Å². The van der Waals surface area contributed by atoms with Crippen LogP contribution in [-0.2, 0) is 4.79 Å². The number of carbonyl (C=O) groups is 1. The van der Waals surface area contributed by atoms with E-state index in [1.165, 1.54) is 24.3 Å². The zero-order valence-corrected chi connectivity index (χ0v) is 15.9. The molecular weight excluding hydrogens is 362 g/mol. The van der Waals surface area contributed by atoms with Crippen LogP contribution >= 0.6 is 0 Å². The summed E-state index contributed by atoms with van der Waals surface area (Å²) in [5, 5.41) is 0. The minimum Gasteiger partial charge on any atom is -0.481 e. The fourth-order valence-electron chi connectivity index (χ4n) is 4.62. The Hall–Kier alpha value is -2.47. The van der Waals surface area contributed by atoms with E-state index in [9.17, 15) is 13.6 Å². The Morgan fingerprint density at radius 2 is 1.89 bits per heavy atom. The van der Waals surface area contributed by atoms with E-state index in [2.05, 4.69) is 11.9 Å². The molecule has 3 atom stereocenters. The maximum absolute atomic E-state index is 13.8. The summed E-state index contributed by atoms with van der Waals surface area (Å²) in [6.45, 7) is 1.35. The highest BCUT2D eigenvalue weighted by Gasteiger charge is 2.47. The topological polar surface area (TPSA) is 32.8 Å². The summed E-state index contributed by atoms with van der Waals surface area (Å²) in [6.07, 6.45) is 1.95. The third kappa shape index (κ3) is 3.61. The van der Waals surface area contributed by atoms with Crippen molar-refractivity contribution in [2.24, 2.45) is 0 Å².